The van der Waals surface area contributed by atoms with E-state index in [1.54, 1.807) is 30.5 Å². The van der Waals surface area contributed by atoms with Gasteiger partial charge in [0.15, 0.2) is 0 Å². The van der Waals surface area contributed by atoms with E-state index >= 15 is 0 Å². The van der Waals surface area contributed by atoms with Crippen LogP contribution in [0.15, 0.2) is 58.2 Å². The fourth-order valence-electron chi connectivity index (χ4n) is 3.31. The molecular formula is C19H25BrN4O2S. The number of benzene rings is 1. The number of nitrogens with zero attached hydrogens (tertiary/aromatic N) is 3. The van der Waals surface area contributed by atoms with Crippen molar-refractivity contribution in [1.29, 1.82) is 0 Å². The first-order chi connectivity index (χ1) is 13.0. The average molecular weight is 453 g/mol. The van der Waals surface area contributed by atoms with Gasteiger partial charge in [0.05, 0.1) is 4.90 Å². The molecule has 2 aromatic rings. The van der Waals surface area contributed by atoms with E-state index in [1.807, 2.05) is 18.3 Å². The number of aromatic nitrogens is 1. The lowest BCUT2D eigenvalue weighted by molar-refractivity contribution is 0.100. The Bertz CT molecular complexity index is 823. The van der Waals surface area contributed by atoms with Gasteiger partial charge in [-0.05, 0) is 42.4 Å². The monoisotopic (exact) mass is 452 g/mol. The van der Waals surface area contributed by atoms with Crippen LogP contribution in [0.2, 0.25) is 0 Å². The zero-order valence-electron chi connectivity index (χ0n) is 15.4. The van der Waals surface area contributed by atoms with Crippen LogP contribution in [0, 0.1) is 0 Å². The van der Waals surface area contributed by atoms with E-state index in [4.69, 9.17) is 0 Å². The maximum absolute atomic E-state index is 12.7. The van der Waals surface area contributed by atoms with E-state index in [0.29, 0.717) is 6.54 Å². The highest BCUT2D eigenvalue weighted by Crippen LogP contribution is 2.22. The minimum absolute atomic E-state index is 0.0390. The summed E-state index contributed by atoms with van der Waals surface area (Å²) in [5.74, 6) is 0. The Labute approximate surface area is 169 Å². The first-order valence-corrected chi connectivity index (χ1v) is 11.4. The third kappa shape index (κ3) is 5.36. The van der Waals surface area contributed by atoms with Gasteiger partial charge in [0.1, 0.15) is 0 Å². The molecule has 1 aromatic heterocycles. The molecule has 1 aliphatic rings. The summed E-state index contributed by atoms with van der Waals surface area (Å²) in [7, 11) is -3.56. The van der Waals surface area contributed by atoms with Gasteiger partial charge in [-0.25, -0.2) is 13.1 Å². The maximum atomic E-state index is 12.7. The molecule has 0 radical (unpaired) electrons. The van der Waals surface area contributed by atoms with E-state index in [-0.39, 0.29) is 10.9 Å². The van der Waals surface area contributed by atoms with Crippen LogP contribution in [0.3, 0.4) is 0 Å². The predicted molar refractivity (Wildman–Crippen MR) is 110 cm³/mol. The zero-order chi connectivity index (χ0) is 19.3. The largest absolute Gasteiger partial charge is 0.301 e. The lowest BCUT2D eigenvalue weighted by Crippen LogP contribution is -2.49. The number of sulfonamides is 1. The van der Waals surface area contributed by atoms with Crippen LogP contribution < -0.4 is 4.72 Å². The van der Waals surface area contributed by atoms with Crippen LogP contribution in [0.1, 0.15) is 18.5 Å². The van der Waals surface area contributed by atoms with Crippen LogP contribution in [0.5, 0.6) is 0 Å². The SMILES string of the molecule is CCN1CCN([C@H](CNS(=O)(=O)c2ccc(Br)cc2)c2cccnc2)CC1. The Morgan fingerprint density at radius 3 is 2.44 bits per heavy atom. The summed E-state index contributed by atoms with van der Waals surface area (Å²) in [5, 5.41) is 0. The molecular weight excluding hydrogens is 428 g/mol. The van der Waals surface area contributed by atoms with Gasteiger partial charge in [0.2, 0.25) is 10.0 Å². The van der Waals surface area contributed by atoms with Crippen LogP contribution in [-0.2, 0) is 10.0 Å². The van der Waals surface area contributed by atoms with Gasteiger partial charge in [-0.3, -0.25) is 9.88 Å². The van der Waals surface area contributed by atoms with Gasteiger partial charge in [0.25, 0.3) is 0 Å². The van der Waals surface area contributed by atoms with Crippen molar-refractivity contribution in [2.75, 3.05) is 39.3 Å². The average Bonchev–Trinajstić information content (AvgIpc) is 2.70. The molecule has 6 nitrogen and oxygen atoms in total. The molecule has 1 aromatic carbocycles. The van der Waals surface area contributed by atoms with Gasteiger partial charge < -0.3 is 4.90 Å². The second kappa shape index (κ2) is 9.25. The maximum Gasteiger partial charge on any atom is 0.240 e. The van der Waals surface area contributed by atoms with Crippen LogP contribution >= 0.6 is 15.9 Å². The van der Waals surface area contributed by atoms with Gasteiger partial charge in [0, 0.05) is 55.6 Å². The van der Waals surface area contributed by atoms with Gasteiger partial charge in [-0.1, -0.05) is 28.9 Å². The molecule has 0 amide bonds. The van der Waals surface area contributed by atoms with Crippen molar-refractivity contribution in [3.05, 3.63) is 58.8 Å². The van der Waals surface area contributed by atoms with Crippen molar-refractivity contribution in [2.45, 2.75) is 17.9 Å². The highest BCUT2D eigenvalue weighted by atomic mass is 79.9. The Balaban J connectivity index is 1.75. The molecule has 0 unspecified atom stereocenters. The van der Waals surface area contributed by atoms with Crippen LogP contribution in [0.4, 0.5) is 0 Å². The number of likely N-dealkylation sites (N-methyl/N-ethyl adjacent to an activating group) is 1. The molecule has 1 atom stereocenters. The summed E-state index contributed by atoms with van der Waals surface area (Å²) in [4.78, 5) is 9.24. The summed E-state index contributed by atoms with van der Waals surface area (Å²) >= 11 is 3.33. The number of nitrogens with one attached hydrogen (secondary N) is 1. The summed E-state index contributed by atoms with van der Waals surface area (Å²) in [5.41, 5.74) is 1.03. The summed E-state index contributed by atoms with van der Waals surface area (Å²) in [6.07, 6.45) is 3.56. The number of pyridine rings is 1. The Morgan fingerprint density at radius 2 is 1.85 bits per heavy atom. The molecule has 3 rings (SSSR count). The smallest absolute Gasteiger partial charge is 0.240 e. The summed E-state index contributed by atoms with van der Waals surface area (Å²) in [6, 6.07) is 10.5. The molecule has 1 aliphatic heterocycles. The van der Waals surface area contributed by atoms with E-state index in [2.05, 4.69) is 42.4 Å². The van der Waals surface area contributed by atoms with Crippen molar-refractivity contribution in [2.24, 2.45) is 0 Å². The van der Waals surface area contributed by atoms with E-state index in [1.165, 1.54) is 0 Å². The van der Waals surface area contributed by atoms with Crippen molar-refractivity contribution >= 4 is 26.0 Å². The minimum Gasteiger partial charge on any atom is -0.301 e. The van der Waals surface area contributed by atoms with Gasteiger partial charge in [-0.15, -0.1) is 0 Å². The summed E-state index contributed by atoms with van der Waals surface area (Å²) < 4.78 is 29.0. The van der Waals surface area contributed by atoms with Crippen molar-refractivity contribution in [3.8, 4) is 0 Å². The highest BCUT2D eigenvalue weighted by Gasteiger charge is 2.26. The molecule has 0 saturated carbocycles. The first kappa shape index (κ1) is 20.4. The van der Waals surface area contributed by atoms with Crippen LogP contribution in [0.25, 0.3) is 0 Å². The van der Waals surface area contributed by atoms with E-state index < -0.39 is 10.0 Å². The third-order valence-electron chi connectivity index (χ3n) is 4.95. The molecule has 0 spiro atoms. The number of hydrogen-bond acceptors (Lipinski definition) is 5. The second-order valence-electron chi connectivity index (χ2n) is 6.58. The van der Waals surface area contributed by atoms with Crippen molar-refractivity contribution < 1.29 is 8.42 Å². The molecule has 0 aliphatic carbocycles. The number of rotatable bonds is 7. The predicted octanol–water partition coefficient (Wildman–Crippen LogP) is 2.50. The molecule has 0 bridgehead atoms. The van der Waals surface area contributed by atoms with Crippen LogP contribution in [-0.4, -0.2) is 62.5 Å². The van der Waals surface area contributed by atoms with Gasteiger partial charge in [-0.2, -0.15) is 0 Å². The lowest BCUT2D eigenvalue weighted by atomic mass is 10.1. The first-order valence-electron chi connectivity index (χ1n) is 9.11. The van der Waals surface area contributed by atoms with E-state index in [0.717, 1.165) is 42.8 Å². The molecule has 2 heterocycles. The Morgan fingerprint density at radius 1 is 1.15 bits per heavy atom. The molecule has 1 fully saturated rings. The fraction of sp³-hybridized carbons (Fsp3) is 0.421. The number of hydrogen-bond donors (Lipinski definition) is 1. The topological polar surface area (TPSA) is 65.5 Å². The second-order valence-corrected chi connectivity index (χ2v) is 9.26. The van der Waals surface area contributed by atoms with E-state index in [9.17, 15) is 8.42 Å². The highest BCUT2D eigenvalue weighted by molar-refractivity contribution is 9.10. The minimum atomic E-state index is -3.56. The number of piperazine rings is 1. The quantitative estimate of drug-likeness (QED) is 0.698. The normalized spacial score (nSPS) is 17.7. The number of halogens is 1. The molecule has 146 valence electrons. The lowest BCUT2D eigenvalue weighted by Gasteiger charge is -2.39. The Hall–Kier alpha value is -1.32. The molecule has 27 heavy (non-hydrogen) atoms. The van der Waals surface area contributed by atoms with Crippen molar-refractivity contribution in [3.63, 3.8) is 0 Å². The van der Waals surface area contributed by atoms with Gasteiger partial charge >= 0.3 is 0 Å². The molecule has 1 N–H and O–H groups in total. The third-order valence-corrected chi connectivity index (χ3v) is 6.92. The van der Waals surface area contributed by atoms with Crippen molar-refractivity contribution in [1.82, 2.24) is 19.5 Å². The zero-order valence-corrected chi connectivity index (χ0v) is 17.8. The fourth-order valence-corrected chi connectivity index (χ4v) is 4.61. The molecule has 8 heteroatoms. The molecule has 1 saturated heterocycles. The standard InChI is InChI=1S/C19H25BrN4O2S/c1-2-23-10-12-24(13-11-23)19(16-4-3-9-21-14-16)15-22-27(25,26)18-7-5-17(20)6-8-18/h3-9,14,19,22H,2,10-13,15H2,1H3/t19-/m1/s1. The summed E-state index contributed by atoms with van der Waals surface area (Å²) in [6.45, 7) is 7.33. The Kier molecular flexibility index (Phi) is 6.99.